The van der Waals surface area contributed by atoms with Crippen molar-refractivity contribution < 1.29 is 14.3 Å². The topological polar surface area (TPSA) is 84.5 Å². The number of H-pyrrole nitrogens is 1. The molecule has 0 saturated heterocycles. The highest BCUT2D eigenvalue weighted by Gasteiger charge is 2.27. The Morgan fingerprint density at radius 2 is 1.90 bits per heavy atom. The van der Waals surface area contributed by atoms with Crippen molar-refractivity contribution in [2.24, 2.45) is 0 Å². The van der Waals surface area contributed by atoms with Crippen molar-refractivity contribution in [1.82, 2.24) is 14.9 Å². The third-order valence-corrected chi connectivity index (χ3v) is 5.35. The molecule has 1 aliphatic rings. The average molecular weight is 426 g/mol. The Morgan fingerprint density at radius 1 is 1.13 bits per heavy atom. The maximum Gasteiger partial charge on any atom is 0.258 e. The van der Waals surface area contributed by atoms with E-state index in [1.165, 1.54) is 7.11 Å². The van der Waals surface area contributed by atoms with Crippen LogP contribution in [0.25, 0.3) is 11.4 Å². The third-order valence-electron chi connectivity index (χ3n) is 5.12. The van der Waals surface area contributed by atoms with Crippen molar-refractivity contribution in [1.29, 1.82) is 0 Å². The van der Waals surface area contributed by atoms with Gasteiger partial charge < -0.3 is 19.4 Å². The molecule has 154 valence electrons. The van der Waals surface area contributed by atoms with Crippen LogP contribution in [0.4, 0.5) is 0 Å². The monoisotopic (exact) mass is 425 g/mol. The Bertz CT molecular complexity index is 1160. The predicted molar refractivity (Wildman–Crippen MR) is 113 cm³/mol. The molecule has 3 aromatic rings. The SMILES string of the molecule is COc1ccc(-c2nc3c(c(=O)[nH]2)CCN(C(=O)c2cc(Cl)ccc2OC)C3)cc1. The van der Waals surface area contributed by atoms with Gasteiger partial charge in [0.05, 0.1) is 32.0 Å². The summed E-state index contributed by atoms with van der Waals surface area (Å²) in [5, 5.41) is 0.452. The molecule has 1 aromatic heterocycles. The first-order chi connectivity index (χ1) is 14.5. The first kappa shape index (κ1) is 20.0. The lowest BCUT2D eigenvalue weighted by atomic mass is 10.0. The molecular weight excluding hydrogens is 406 g/mol. The zero-order valence-corrected chi connectivity index (χ0v) is 17.3. The van der Waals surface area contributed by atoms with E-state index < -0.39 is 0 Å². The van der Waals surface area contributed by atoms with Gasteiger partial charge in [-0.1, -0.05) is 11.6 Å². The average Bonchev–Trinajstić information content (AvgIpc) is 2.78. The largest absolute Gasteiger partial charge is 0.497 e. The van der Waals surface area contributed by atoms with Crippen LogP contribution in [0.2, 0.25) is 5.02 Å². The van der Waals surface area contributed by atoms with Crippen LogP contribution in [0, 0.1) is 0 Å². The lowest BCUT2D eigenvalue weighted by Crippen LogP contribution is -2.39. The zero-order valence-electron chi connectivity index (χ0n) is 16.6. The maximum atomic E-state index is 13.1. The summed E-state index contributed by atoms with van der Waals surface area (Å²) >= 11 is 6.08. The van der Waals surface area contributed by atoms with Crippen molar-refractivity contribution in [2.75, 3.05) is 20.8 Å². The fourth-order valence-corrected chi connectivity index (χ4v) is 3.69. The Labute approximate surface area is 178 Å². The molecule has 0 atom stereocenters. The fourth-order valence-electron chi connectivity index (χ4n) is 3.52. The highest BCUT2D eigenvalue weighted by molar-refractivity contribution is 6.31. The zero-order chi connectivity index (χ0) is 21.3. The number of ether oxygens (including phenoxy) is 2. The van der Waals surface area contributed by atoms with Gasteiger partial charge in [0.25, 0.3) is 11.5 Å². The van der Waals surface area contributed by atoms with E-state index in [1.54, 1.807) is 42.3 Å². The molecule has 2 aromatic carbocycles. The second kappa shape index (κ2) is 8.20. The number of aromatic amines is 1. The number of halogens is 1. The van der Waals surface area contributed by atoms with Crippen molar-refractivity contribution >= 4 is 17.5 Å². The normalized spacial score (nSPS) is 13.0. The number of fused-ring (bicyclic) bond motifs is 1. The highest BCUT2D eigenvalue weighted by atomic mass is 35.5. The number of benzene rings is 2. The summed E-state index contributed by atoms with van der Waals surface area (Å²) in [5.41, 5.74) is 2.15. The van der Waals surface area contributed by atoms with Crippen molar-refractivity contribution in [3.8, 4) is 22.9 Å². The fraction of sp³-hybridized carbons (Fsp3) is 0.227. The van der Waals surface area contributed by atoms with Gasteiger partial charge in [-0.05, 0) is 48.9 Å². The van der Waals surface area contributed by atoms with E-state index in [-0.39, 0.29) is 18.0 Å². The van der Waals surface area contributed by atoms with Gasteiger partial charge in [0.1, 0.15) is 17.3 Å². The van der Waals surface area contributed by atoms with Crippen molar-refractivity contribution in [3.05, 3.63) is 74.7 Å². The van der Waals surface area contributed by atoms with Crippen molar-refractivity contribution in [3.63, 3.8) is 0 Å². The maximum absolute atomic E-state index is 13.1. The van der Waals surface area contributed by atoms with Crippen LogP contribution in [-0.2, 0) is 13.0 Å². The summed E-state index contributed by atoms with van der Waals surface area (Å²) in [6.45, 7) is 0.644. The molecule has 2 heterocycles. The molecule has 0 spiro atoms. The molecule has 1 aliphatic heterocycles. The second-order valence-corrected chi connectivity index (χ2v) is 7.33. The van der Waals surface area contributed by atoms with Crippen LogP contribution in [0.15, 0.2) is 47.3 Å². The number of nitrogens with one attached hydrogen (secondary N) is 1. The van der Waals surface area contributed by atoms with Gasteiger partial charge in [0.2, 0.25) is 0 Å². The summed E-state index contributed by atoms with van der Waals surface area (Å²) < 4.78 is 10.5. The lowest BCUT2D eigenvalue weighted by Gasteiger charge is -2.28. The van der Waals surface area contributed by atoms with Crippen LogP contribution < -0.4 is 15.0 Å². The van der Waals surface area contributed by atoms with E-state index in [9.17, 15) is 9.59 Å². The molecule has 7 nitrogen and oxygen atoms in total. The number of hydrogen-bond acceptors (Lipinski definition) is 5. The predicted octanol–water partition coefficient (Wildman–Crippen LogP) is 3.31. The van der Waals surface area contributed by atoms with Crippen LogP contribution in [0.1, 0.15) is 21.6 Å². The molecular formula is C22H20ClN3O4. The summed E-state index contributed by atoms with van der Waals surface area (Å²) in [6, 6.07) is 12.2. The van der Waals surface area contributed by atoms with Crippen LogP contribution in [-0.4, -0.2) is 41.5 Å². The third kappa shape index (κ3) is 3.76. The lowest BCUT2D eigenvalue weighted by molar-refractivity contribution is 0.0728. The van der Waals surface area contributed by atoms with E-state index in [0.717, 1.165) is 5.56 Å². The Morgan fingerprint density at radius 3 is 2.60 bits per heavy atom. The Hall–Kier alpha value is -3.32. The summed E-state index contributed by atoms with van der Waals surface area (Å²) in [4.78, 5) is 34.9. The molecule has 0 radical (unpaired) electrons. The molecule has 1 N–H and O–H groups in total. The van der Waals surface area contributed by atoms with E-state index in [1.807, 2.05) is 12.1 Å². The molecule has 0 saturated carbocycles. The molecule has 0 unspecified atom stereocenters. The van der Waals surface area contributed by atoms with Crippen LogP contribution >= 0.6 is 11.6 Å². The second-order valence-electron chi connectivity index (χ2n) is 6.89. The smallest absolute Gasteiger partial charge is 0.258 e. The molecule has 1 amide bonds. The summed E-state index contributed by atoms with van der Waals surface area (Å²) in [7, 11) is 3.10. The Kier molecular flexibility index (Phi) is 5.46. The summed E-state index contributed by atoms with van der Waals surface area (Å²) in [5.74, 6) is 1.41. The minimum atomic E-state index is -0.215. The van der Waals surface area contributed by atoms with Gasteiger partial charge in [-0.15, -0.1) is 0 Å². The standard InChI is InChI=1S/C22H20ClN3O4/c1-29-15-6-3-13(4-7-15)20-24-18-12-26(10-9-16(18)21(27)25-20)22(28)17-11-14(23)5-8-19(17)30-2/h3-8,11H,9-10,12H2,1-2H3,(H,24,25,27). The van der Waals surface area contributed by atoms with E-state index >= 15 is 0 Å². The number of carbonyl (C=O) groups is 1. The van der Waals surface area contributed by atoms with Crippen LogP contribution in [0.3, 0.4) is 0 Å². The number of nitrogens with zero attached hydrogens (tertiary/aromatic N) is 2. The molecule has 0 aliphatic carbocycles. The van der Waals surface area contributed by atoms with Gasteiger partial charge in [-0.3, -0.25) is 9.59 Å². The number of methoxy groups -OCH3 is 2. The van der Waals surface area contributed by atoms with Gasteiger partial charge in [-0.25, -0.2) is 4.98 Å². The highest BCUT2D eigenvalue weighted by Crippen LogP contribution is 2.27. The van der Waals surface area contributed by atoms with Gasteiger partial charge in [0.15, 0.2) is 0 Å². The van der Waals surface area contributed by atoms with Crippen LogP contribution in [0.5, 0.6) is 11.5 Å². The molecule has 4 rings (SSSR count). The Balaban J connectivity index is 1.66. The minimum absolute atomic E-state index is 0.182. The number of carbonyl (C=O) groups excluding carboxylic acids is 1. The van der Waals surface area contributed by atoms with Gasteiger partial charge in [0, 0.05) is 22.7 Å². The van der Waals surface area contributed by atoms with E-state index in [2.05, 4.69) is 9.97 Å². The summed E-state index contributed by atoms with van der Waals surface area (Å²) in [6.07, 6.45) is 0.426. The first-order valence-electron chi connectivity index (χ1n) is 9.39. The number of amides is 1. The van der Waals surface area contributed by atoms with Gasteiger partial charge >= 0.3 is 0 Å². The van der Waals surface area contributed by atoms with Gasteiger partial charge in [-0.2, -0.15) is 0 Å². The van der Waals surface area contributed by atoms with E-state index in [4.69, 9.17) is 21.1 Å². The minimum Gasteiger partial charge on any atom is -0.497 e. The quantitative estimate of drug-likeness (QED) is 0.693. The van der Waals surface area contributed by atoms with E-state index in [0.29, 0.717) is 52.1 Å². The molecule has 8 heteroatoms. The van der Waals surface area contributed by atoms with Crippen molar-refractivity contribution in [2.45, 2.75) is 13.0 Å². The molecule has 0 fully saturated rings. The molecule has 30 heavy (non-hydrogen) atoms. The number of aromatic nitrogens is 2. The molecule has 0 bridgehead atoms. The number of hydrogen-bond donors (Lipinski definition) is 1. The number of rotatable bonds is 4. The first-order valence-corrected chi connectivity index (χ1v) is 9.77.